The smallest absolute Gasteiger partial charge is 0.475 e. The highest BCUT2D eigenvalue weighted by atomic mass is 32.2. The number of aromatic amines is 1. The number of carbonyl (C=O) groups is 1. The fraction of sp³-hybridized carbons (Fsp3) is 0.385. The third-order valence-corrected chi connectivity index (χ3v) is 10.4. The molecule has 0 amide bonds. The number of H-pyrrole nitrogens is 1. The summed E-state index contributed by atoms with van der Waals surface area (Å²) in [6.45, 7) is 5.28. The monoisotopic (exact) mass is 646 g/mol. The maximum atomic E-state index is 13.5. The summed E-state index contributed by atoms with van der Waals surface area (Å²) in [6.07, 6.45) is -2.64. The number of carboxylic acid groups (broad SMARTS) is 1. The lowest BCUT2D eigenvalue weighted by Gasteiger charge is -2.24. The zero-order chi connectivity index (χ0) is 30.5. The summed E-state index contributed by atoms with van der Waals surface area (Å²) in [5, 5.41) is 20.4. The van der Waals surface area contributed by atoms with Crippen LogP contribution in [0.25, 0.3) is 21.6 Å². The van der Waals surface area contributed by atoms with Crippen LogP contribution in [0.5, 0.6) is 0 Å². The molecule has 16 heteroatoms. The summed E-state index contributed by atoms with van der Waals surface area (Å²) in [4.78, 5) is 20.3. The van der Waals surface area contributed by atoms with Crippen LogP contribution in [0.4, 0.5) is 18.9 Å². The molecule has 0 radical (unpaired) electrons. The fourth-order valence-electron chi connectivity index (χ4n) is 4.33. The largest absolute Gasteiger partial charge is 0.490 e. The number of aromatic nitrogens is 2. The van der Waals surface area contributed by atoms with Gasteiger partial charge in [0.15, 0.2) is 0 Å². The molecule has 1 fully saturated rings. The first-order chi connectivity index (χ1) is 19.9. The van der Waals surface area contributed by atoms with Gasteiger partial charge in [0.05, 0.1) is 36.2 Å². The van der Waals surface area contributed by atoms with Crippen LogP contribution in [0.2, 0.25) is 0 Å². The number of carboxylic acids is 1. The number of fused-ring (bicyclic) bond motifs is 1. The van der Waals surface area contributed by atoms with E-state index in [1.165, 1.54) is 15.6 Å². The summed E-state index contributed by atoms with van der Waals surface area (Å²) in [6, 6.07) is 11.1. The molecule has 4 heterocycles. The minimum Gasteiger partial charge on any atom is -0.475 e. The van der Waals surface area contributed by atoms with Crippen molar-refractivity contribution in [3.05, 3.63) is 52.9 Å². The molecular weight excluding hydrogens is 618 g/mol. The highest BCUT2D eigenvalue weighted by molar-refractivity contribution is 7.94. The number of aliphatic hydroxyl groups excluding tert-OH is 1. The molecule has 0 spiro atoms. The molecule has 1 unspecified atom stereocenters. The third-order valence-electron chi connectivity index (χ3n) is 6.24. The molecule has 1 saturated heterocycles. The van der Waals surface area contributed by atoms with Gasteiger partial charge in [0.25, 0.3) is 10.0 Å². The molecule has 0 saturated carbocycles. The standard InChI is InChI=1S/C24H28N4O4S3.C2HF3O2/c1-2-32-11-10-28(35(30,31)22-7-4-12-33-22)21-6-3-5-17-13-20(26-23(17)21)24-25-14-19(34-24)16-27-9-8-18(29)15-27;3-2(4,5)1(6)7/h3-7,12-14,18,26,29H,2,8-11,15-16H2,1H3;(H,6,7). The van der Waals surface area contributed by atoms with E-state index in [0.717, 1.165) is 46.0 Å². The van der Waals surface area contributed by atoms with Gasteiger partial charge in [0.2, 0.25) is 0 Å². The molecule has 228 valence electrons. The van der Waals surface area contributed by atoms with Crippen LogP contribution in [0.15, 0.2) is 52.2 Å². The Morgan fingerprint density at radius 2 is 2.05 bits per heavy atom. The van der Waals surface area contributed by atoms with Gasteiger partial charge in [-0.25, -0.2) is 18.2 Å². The molecule has 10 nitrogen and oxygen atoms in total. The maximum Gasteiger partial charge on any atom is 0.490 e. The molecule has 1 atom stereocenters. The molecule has 1 aliphatic heterocycles. The quantitative estimate of drug-likeness (QED) is 0.210. The Bertz CT molecular complexity index is 1590. The van der Waals surface area contributed by atoms with Crippen molar-refractivity contribution in [1.82, 2.24) is 14.9 Å². The second-order valence-corrected chi connectivity index (χ2v) is 13.4. The Kier molecular flexibility index (Phi) is 10.3. The summed E-state index contributed by atoms with van der Waals surface area (Å²) in [5.74, 6) is -2.76. The molecular formula is C26H29F3N4O6S3. The number of rotatable bonds is 10. The van der Waals surface area contributed by atoms with Crippen molar-refractivity contribution in [2.24, 2.45) is 0 Å². The Morgan fingerprint density at radius 1 is 1.29 bits per heavy atom. The van der Waals surface area contributed by atoms with Crippen molar-refractivity contribution in [3.8, 4) is 10.7 Å². The molecule has 1 aromatic carbocycles. The number of benzene rings is 1. The number of likely N-dealkylation sites (tertiary alicyclic amines) is 1. The number of alkyl halides is 3. The van der Waals surface area contributed by atoms with Crippen LogP contribution in [-0.4, -0.2) is 84.6 Å². The third kappa shape index (κ3) is 7.67. The van der Waals surface area contributed by atoms with Crippen LogP contribution in [0.3, 0.4) is 0 Å². The van der Waals surface area contributed by atoms with Crippen molar-refractivity contribution in [1.29, 1.82) is 0 Å². The van der Waals surface area contributed by atoms with Gasteiger partial charge >= 0.3 is 12.1 Å². The number of aliphatic hydroxyl groups is 1. The SMILES string of the molecule is CCOCCN(c1cccc2cc(-c3ncc(CN4CCC(O)C4)s3)[nH]c12)S(=O)(=O)c1cccs1.O=C(O)C(F)(F)F. The Hall–Kier alpha value is -3.02. The first kappa shape index (κ1) is 31.9. The number of thiazole rings is 1. The van der Waals surface area contributed by atoms with E-state index < -0.39 is 22.2 Å². The molecule has 1 aliphatic rings. The topological polar surface area (TPSA) is 136 Å². The van der Waals surface area contributed by atoms with E-state index in [1.807, 2.05) is 37.4 Å². The van der Waals surface area contributed by atoms with Crippen LogP contribution < -0.4 is 4.31 Å². The molecule has 4 aromatic rings. The van der Waals surface area contributed by atoms with Crippen LogP contribution in [0.1, 0.15) is 18.2 Å². The predicted octanol–water partition coefficient (Wildman–Crippen LogP) is 4.78. The lowest BCUT2D eigenvalue weighted by atomic mass is 10.2. The van der Waals surface area contributed by atoms with Gasteiger partial charge in [-0.3, -0.25) is 9.21 Å². The minimum atomic E-state index is -5.08. The van der Waals surface area contributed by atoms with E-state index in [1.54, 1.807) is 28.8 Å². The normalized spacial score (nSPS) is 16.0. The second-order valence-electron chi connectivity index (χ2n) is 9.24. The fourth-order valence-corrected chi connectivity index (χ4v) is 7.82. The van der Waals surface area contributed by atoms with E-state index in [-0.39, 0.29) is 12.6 Å². The number of nitrogens with zero attached hydrogens (tertiary/aromatic N) is 3. The number of halogens is 3. The Labute approximate surface area is 248 Å². The van der Waals surface area contributed by atoms with Gasteiger partial charge < -0.3 is 19.9 Å². The van der Waals surface area contributed by atoms with Gasteiger partial charge in [-0.1, -0.05) is 18.2 Å². The van der Waals surface area contributed by atoms with Gasteiger partial charge in [-0.15, -0.1) is 22.7 Å². The van der Waals surface area contributed by atoms with E-state index in [2.05, 4.69) is 14.9 Å². The van der Waals surface area contributed by atoms with Crippen LogP contribution in [0, 0.1) is 0 Å². The van der Waals surface area contributed by atoms with Crippen molar-refractivity contribution in [3.63, 3.8) is 0 Å². The lowest BCUT2D eigenvalue weighted by Crippen LogP contribution is -2.34. The van der Waals surface area contributed by atoms with Gasteiger partial charge in [0.1, 0.15) is 9.22 Å². The Balaban J connectivity index is 0.000000517. The zero-order valence-electron chi connectivity index (χ0n) is 22.4. The van der Waals surface area contributed by atoms with Gasteiger partial charge in [0, 0.05) is 42.7 Å². The van der Waals surface area contributed by atoms with E-state index >= 15 is 0 Å². The summed E-state index contributed by atoms with van der Waals surface area (Å²) in [5.41, 5.74) is 2.19. The zero-order valence-corrected chi connectivity index (χ0v) is 24.8. The average Bonchev–Trinajstić information content (AvgIpc) is 3.74. The highest BCUT2D eigenvalue weighted by Gasteiger charge is 2.38. The Morgan fingerprint density at radius 3 is 2.67 bits per heavy atom. The predicted molar refractivity (Wildman–Crippen MR) is 154 cm³/mol. The summed E-state index contributed by atoms with van der Waals surface area (Å²) >= 11 is 2.81. The first-order valence-electron chi connectivity index (χ1n) is 12.8. The lowest BCUT2D eigenvalue weighted by molar-refractivity contribution is -0.192. The van der Waals surface area contributed by atoms with Crippen LogP contribution >= 0.6 is 22.7 Å². The number of thiophene rings is 1. The number of anilines is 1. The first-order valence-corrected chi connectivity index (χ1v) is 15.9. The number of nitrogens with one attached hydrogen (secondary N) is 1. The second kappa shape index (κ2) is 13.5. The number of hydrogen-bond acceptors (Lipinski definition) is 9. The van der Waals surface area contributed by atoms with Crippen molar-refractivity contribution < 1.29 is 41.3 Å². The van der Waals surface area contributed by atoms with Gasteiger partial charge in [-0.2, -0.15) is 13.2 Å². The number of hydrogen-bond donors (Lipinski definition) is 3. The highest BCUT2D eigenvalue weighted by Crippen LogP contribution is 2.35. The minimum absolute atomic E-state index is 0.213. The number of para-hydroxylation sites is 1. The number of ether oxygens (including phenoxy) is 1. The molecule has 3 aromatic heterocycles. The van der Waals surface area contributed by atoms with Gasteiger partial charge in [-0.05, 0) is 36.9 Å². The molecule has 5 rings (SSSR count). The summed E-state index contributed by atoms with van der Waals surface area (Å²) < 4.78 is 66.0. The maximum absolute atomic E-state index is 13.5. The molecule has 0 bridgehead atoms. The van der Waals surface area contributed by atoms with Crippen LogP contribution in [-0.2, 0) is 26.1 Å². The van der Waals surface area contributed by atoms with Crippen molar-refractivity contribution >= 4 is 55.3 Å². The van der Waals surface area contributed by atoms with E-state index in [0.29, 0.717) is 29.7 Å². The average molecular weight is 647 g/mol. The molecule has 42 heavy (non-hydrogen) atoms. The molecule has 3 N–H and O–H groups in total. The van der Waals surface area contributed by atoms with Crippen molar-refractivity contribution in [2.75, 3.05) is 37.2 Å². The number of aliphatic carboxylic acids is 1. The number of β-amino-alcohol motifs (C(OH)–C–C–N with tert-alkyl or cyclic N) is 1. The number of sulfonamides is 1. The van der Waals surface area contributed by atoms with E-state index in [9.17, 15) is 26.7 Å². The van der Waals surface area contributed by atoms with Crippen molar-refractivity contribution in [2.45, 2.75) is 36.4 Å². The van der Waals surface area contributed by atoms with E-state index in [4.69, 9.17) is 14.6 Å². The molecule has 0 aliphatic carbocycles. The summed E-state index contributed by atoms with van der Waals surface area (Å²) in [7, 11) is -3.74.